The normalized spacial score (nSPS) is 17.3. The summed E-state index contributed by atoms with van der Waals surface area (Å²) in [6.07, 6.45) is 14.0. The SMILES string of the molecule is CCCCCCCCCCCCCC(=O)N[C@H]1CC(=O)OC1=O. The van der Waals surface area contributed by atoms with Crippen LogP contribution >= 0.6 is 0 Å². The van der Waals surface area contributed by atoms with Crippen LogP contribution in [0.25, 0.3) is 0 Å². The standard InChI is InChI=1S/C18H31NO4/c1-2-3-4-5-6-7-8-9-10-11-12-13-16(20)19-15-14-17(21)23-18(15)22/h15H,2-14H2,1H3,(H,19,20)/t15-/m0/s1. The van der Waals surface area contributed by atoms with Gasteiger partial charge in [-0.1, -0.05) is 71.1 Å². The second-order valence-corrected chi connectivity index (χ2v) is 6.40. The van der Waals surface area contributed by atoms with Crippen molar-refractivity contribution in [3.63, 3.8) is 0 Å². The van der Waals surface area contributed by atoms with Crippen LogP contribution in [-0.2, 0) is 19.1 Å². The van der Waals surface area contributed by atoms with Crippen molar-refractivity contribution in [3.05, 3.63) is 0 Å². The molecule has 1 heterocycles. The van der Waals surface area contributed by atoms with Crippen LogP contribution in [0.1, 0.15) is 90.4 Å². The highest BCUT2D eigenvalue weighted by molar-refractivity contribution is 5.98. The zero-order valence-corrected chi connectivity index (χ0v) is 14.4. The van der Waals surface area contributed by atoms with Crippen molar-refractivity contribution >= 4 is 17.8 Å². The predicted octanol–water partition coefficient (Wildman–Crippen LogP) is 3.65. The molecule has 132 valence electrons. The zero-order chi connectivity index (χ0) is 16.9. The van der Waals surface area contributed by atoms with Crippen LogP contribution in [-0.4, -0.2) is 23.9 Å². The first kappa shape index (κ1) is 19.7. The fourth-order valence-electron chi connectivity index (χ4n) is 2.80. The van der Waals surface area contributed by atoms with Crippen LogP contribution in [0.5, 0.6) is 0 Å². The maximum absolute atomic E-state index is 11.7. The average molecular weight is 325 g/mol. The number of amides is 1. The van der Waals surface area contributed by atoms with E-state index in [0.29, 0.717) is 6.42 Å². The van der Waals surface area contributed by atoms with Crippen LogP contribution in [0.4, 0.5) is 0 Å². The molecule has 0 radical (unpaired) electrons. The number of carbonyl (C=O) groups is 3. The Morgan fingerprint density at radius 1 is 0.957 bits per heavy atom. The summed E-state index contributed by atoms with van der Waals surface area (Å²) in [6.45, 7) is 2.24. The smallest absolute Gasteiger partial charge is 0.336 e. The lowest BCUT2D eigenvalue weighted by molar-refractivity contribution is -0.153. The summed E-state index contributed by atoms with van der Waals surface area (Å²) in [7, 11) is 0. The van der Waals surface area contributed by atoms with E-state index in [9.17, 15) is 14.4 Å². The molecule has 0 aliphatic carbocycles. The van der Waals surface area contributed by atoms with E-state index >= 15 is 0 Å². The first-order valence-electron chi connectivity index (χ1n) is 9.17. The summed E-state index contributed by atoms with van der Waals surface area (Å²) in [6, 6.07) is -0.775. The molecule has 1 amide bonds. The molecular weight excluding hydrogens is 294 g/mol. The maximum Gasteiger partial charge on any atom is 0.336 e. The number of ether oxygens (including phenoxy) is 1. The predicted molar refractivity (Wildman–Crippen MR) is 88.7 cm³/mol. The molecule has 1 atom stereocenters. The Bertz CT molecular complexity index is 381. The van der Waals surface area contributed by atoms with E-state index in [4.69, 9.17) is 0 Å². The number of hydrogen-bond donors (Lipinski definition) is 1. The molecule has 0 spiro atoms. The van der Waals surface area contributed by atoms with Gasteiger partial charge < -0.3 is 10.1 Å². The third kappa shape index (κ3) is 9.36. The molecule has 1 aliphatic rings. The number of nitrogens with one attached hydrogen (secondary N) is 1. The van der Waals surface area contributed by atoms with E-state index in [-0.39, 0.29) is 12.3 Å². The Balaban J connectivity index is 1.88. The van der Waals surface area contributed by atoms with Crippen molar-refractivity contribution < 1.29 is 19.1 Å². The van der Waals surface area contributed by atoms with Gasteiger partial charge in [0, 0.05) is 6.42 Å². The van der Waals surface area contributed by atoms with E-state index in [1.54, 1.807) is 0 Å². The van der Waals surface area contributed by atoms with E-state index in [1.165, 1.54) is 51.4 Å². The van der Waals surface area contributed by atoms with Crippen LogP contribution < -0.4 is 5.32 Å². The third-order valence-corrected chi connectivity index (χ3v) is 4.21. The summed E-state index contributed by atoms with van der Waals surface area (Å²) in [5.41, 5.74) is 0. The zero-order valence-electron chi connectivity index (χ0n) is 14.4. The van der Waals surface area contributed by atoms with Gasteiger partial charge in [-0.3, -0.25) is 9.59 Å². The molecule has 1 rings (SSSR count). The van der Waals surface area contributed by atoms with Crippen molar-refractivity contribution in [2.75, 3.05) is 0 Å². The van der Waals surface area contributed by atoms with Gasteiger partial charge in [-0.2, -0.15) is 0 Å². The van der Waals surface area contributed by atoms with Gasteiger partial charge in [0.05, 0.1) is 6.42 Å². The largest absolute Gasteiger partial charge is 0.392 e. The summed E-state index contributed by atoms with van der Waals surface area (Å²) in [5, 5.41) is 2.56. The van der Waals surface area contributed by atoms with Crippen molar-refractivity contribution in [2.24, 2.45) is 0 Å². The first-order valence-corrected chi connectivity index (χ1v) is 9.17. The fraction of sp³-hybridized carbons (Fsp3) is 0.833. The van der Waals surface area contributed by atoms with Crippen molar-refractivity contribution in [1.29, 1.82) is 0 Å². The van der Waals surface area contributed by atoms with Crippen LogP contribution in [0, 0.1) is 0 Å². The van der Waals surface area contributed by atoms with Gasteiger partial charge >= 0.3 is 11.9 Å². The molecule has 23 heavy (non-hydrogen) atoms. The lowest BCUT2D eigenvalue weighted by Gasteiger charge is -2.07. The highest BCUT2D eigenvalue weighted by Gasteiger charge is 2.34. The number of unbranched alkanes of at least 4 members (excludes halogenated alkanes) is 10. The Morgan fingerprint density at radius 3 is 1.96 bits per heavy atom. The Morgan fingerprint density at radius 2 is 1.48 bits per heavy atom. The highest BCUT2D eigenvalue weighted by atomic mass is 16.6. The molecule has 0 aromatic carbocycles. The van der Waals surface area contributed by atoms with E-state index in [0.717, 1.165) is 19.3 Å². The minimum absolute atomic E-state index is 0.0389. The van der Waals surface area contributed by atoms with Gasteiger partial charge in [-0.05, 0) is 6.42 Å². The molecule has 5 heteroatoms. The molecule has 1 fully saturated rings. The van der Waals surface area contributed by atoms with Gasteiger partial charge in [-0.15, -0.1) is 0 Å². The molecule has 0 aromatic heterocycles. The summed E-state index contributed by atoms with van der Waals surface area (Å²) >= 11 is 0. The summed E-state index contributed by atoms with van der Waals surface area (Å²) in [5.74, 6) is -1.37. The van der Waals surface area contributed by atoms with E-state index in [1.807, 2.05) is 0 Å². The number of hydrogen-bond acceptors (Lipinski definition) is 4. The molecule has 0 saturated carbocycles. The first-order chi connectivity index (χ1) is 11.1. The van der Waals surface area contributed by atoms with Crippen LogP contribution in [0.2, 0.25) is 0 Å². The third-order valence-electron chi connectivity index (χ3n) is 4.21. The topological polar surface area (TPSA) is 72.5 Å². The number of carbonyl (C=O) groups excluding carboxylic acids is 3. The van der Waals surface area contributed by atoms with Crippen LogP contribution in [0.3, 0.4) is 0 Å². The maximum atomic E-state index is 11.7. The summed E-state index contributed by atoms with van der Waals surface area (Å²) < 4.78 is 4.39. The molecule has 0 bridgehead atoms. The number of cyclic esters (lactones) is 2. The van der Waals surface area contributed by atoms with E-state index < -0.39 is 18.0 Å². The molecule has 0 aromatic rings. The lowest BCUT2D eigenvalue weighted by atomic mass is 10.1. The van der Waals surface area contributed by atoms with Gasteiger partial charge in [0.25, 0.3) is 0 Å². The van der Waals surface area contributed by atoms with Crippen LogP contribution in [0.15, 0.2) is 0 Å². The Labute approximate surface area is 139 Å². The van der Waals surface area contributed by atoms with Crippen molar-refractivity contribution in [2.45, 2.75) is 96.4 Å². The lowest BCUT2D eigenvalue weighted by Crippen LogP contribution is -2.37. The minimum Gasteiger partial charge on any atom is -0.392 e. The molecule has 1 saturated heterocycles. The second kappa shape index (κ2) is 12.1. The average Bonchev–Trinajstić information content (AvgIpc) is 2.82. The molecule has 0 unspecified atom stereocenters. The molecular formula is C18H31NO4. The molecule has 1 N–H and O–H groups in total. The number of rotatable bonds is 13. The minimum atomic E-state index is -0.775. The molecule has 1 aliphatic heterocycles. The highest BCUT2D eigenvalue weighted by Crippen LogP contribution is 2.12. The second-order valence-electron chi connectivity index (χ2n) is 6.40. The monoisotopic (exact) mass is 325 g/mol. The number of esters is 2. The van der Waals surface area contributed by atoms with Gasteiger partial charge in [0.1, 0.15) is 6.04 Å². The quantitative estimate of drug-likeness (QED) is 0.319. The van der Waals surface area contributed by atoms with Gasteiger partial charge in [0.15, 0.2) is 0 Å². The van der Waals surface area contributed by atoms with Crippen molar-refractivity contribution in [3.8, 4) is 0 Å². The van der Waals surface area contributed by atoms with E-state index in [2.05, 4.69) is 17.0 Å². The van der Waals surface area contributed by atoms with Crippen molar-refractivity contribution in [1.82, 2.24) is 5.32 Å². The van der Waals surface area contributed by atoms with Gasteiger partial charge in [-0.25, -0.2) is 4.79 Å². The Hall–Kier alpha value is -1.39. The molecule has 5 nitrogen and oxygen atoms in total. The fourth-order valence-corrected chi connectivity index (χ4v) is 2.80. The summed E-state index contributed by atoms with van der Waals surface area (Å²) in [4.78, 5) is 33.8. The Kier molecular flexibility index (Phi) is 10.3. The van der Waals surface area contributed by atoms with Gasteiger partial charge in [0.2, 0.25) is 5.91 Å².